The number of aromatic nitrogens is 2. The number of nitrogens with two attached hydrogens (primary N) is 1. The van der Waals surface area contributed by atoms with Gasteiger partial charge in [0.1, 0.15) is 0 Å². The zero-order chi connectivity index (χ0) is 14.1. The van der Waals surface area contributed by atoms with E-state index in [1.165, 1.54) is 0 Å². The van der Waals surface area contributed by atoms with Gasteiger partial charge in [0.25, 0.3) is 0 Å². The molecule has 3 rings (SSSR count). The summed E-state index contributed by atoms with van der Waals surface area (Å²) in [5, 5.41) is 4.38. The lowest BCUT2D eigenvalue weighted by Gasteiger charge is -2.14. The first kappa shape index (κ1) is 14.0. The molecular formula is C14H11Br2N3S. The van der Waals surface area contributed by atoms with Crippen LogP contribution in [0, 0.1) is 0 Å². The van der Waals surface area contributed by atoms with Crippen molar-refractivity contribution in [1.82, 2.24) is 9.78 Å². The third-order valence-corrected chi connectivity index (χ3v) is 5.40. The number of rotatable bonds is 3. The molecule has 0 aliphatic rings. The first-order valence-corrected chi connectivity index (χ1v) is 8.36. The Bertz CT molecular complexity index is 721. The number of para-hydroxylation sites is 1. The van der Waals surface area contributed by atoms with E-state index in [9.17, 15) is 0 Å². The summed E-state index contributed by atoms with van der Waals surface area (Å²) in [6, 6.07) is 13.8. The van der Waals surface area contributed by atoms with Gasteiger partial charge in [0.15, 0.2) is 0 Å². The van der Waals surface area contributed by atoms with Crippen LogP contribution in [-0.4, -0.2) is 9.78 Å². The van der Waals surface area contributed by atoms with Crippen molar-refractivity contribution in [3.8, 4) is 5.69 Å². The van der Waals surface area contributed by atoms with Crippen LogP contribution in [0.5, 0.6) is 0 Å². The molecule has 0 radical (unpaired) electrons. The first-order valence-electron chi connectivity index (χ1n) is 5.96. The highest BCUT2D eigenvalue weighted by molar-refractivity contribution is 9.12. The lowest BCUT2D eigenvalue weighted by molar-refractivity contribution is 0.739. The van der Waals surface area contributed by atoms with Crippen molar-refractivity contribution in [3.05, 3.63) is 67.5 Å². The van der Waals surface area contributed by atoms with E-state index in [4.69, 9.17) is 5.73 Å². The Hall–Kier alpha value is -0.950. The second-order valence-electron chi connectivity index (χ2n) is 4.26. The van der Waals surface area contributed by atoms with Crippen LogP contribution in [0.15, 0.2) is 56.2 Å². The summed E-state index contributed by atoms with van der Waals surface area (Å²) in [4.78, 5) is 0. The van der Waals surface area contributed by atoms with Gasteiger partial charge in [0, 0.05) is 11.8 Å². The fourth-order valence-electron chi connectivity index (χ4n) is 2.06. The van der Waals surface area contributed by atoms with E-state index in [0.29, 0.717) is 0 Å². The predicted molar refractivity (Wildman–Crippen MR) is 89.3 cm³/mol. The lowest BCUT2D eigenvalue weighted by atomic mass is 10.1. The van der Waals surface area contributed by atoms with Crippen molar-refractivity contribution in [1.29, 1.82) is 0 Å². The Balaban J connectivity index is 2.04. The molecule has 2 heterocycles. The van der Waals surface area contributed by atoms with E-state index in [2.05, 4.69) is 37.0 Å². The maximum atomic E-state index is 6.41. The number of halogens is 2. The Morgan fingerprint density at radius 1 is 1.15 bits per heavy atom. The molecule has 0 saturated heterocycles. The summed E-state index contributed by atoms with van der Waals surface area (Å²) in [7, 11) is 0. The second-order valence-corrected chi connectivity index (χ2v) is 8.01. The lowest BCUT2D eigenvalue weighted by Crippen LogP contribution is -2.16. The van der Waals surface area contributed by atoms with Crippen LogP contribution in [0.4, 0.5) is 0 Å². The van der Waals surface area contributed by atoms with Crippen molar-refractivity contribution in [3.63, 3.8) is 0 Å². The highest BCUT2D eigenvalue weighted by atomic mass is 79.9. The Kier molecular flexibility index (Phi) is 4.07. The maximum Gasteiger partial charge on any atom is 0.0762 e. The van der Waals surface area contributed by atoms with Gasteiger partial charge in [-0.1, -0.05) is 18.2 Å². The highest BCUT2D eigenvalue weighted by Crippen LogP contribution is 2.37. The molecule has 3 aromatic rings. The topological polar surface area (TPSA) is 43.8 Å². The number of thiophene rings is 1. The highest BCUT2D eigenvalue weighted by Gasteiger charge is 2.19. The Morgan fingerprint density at radius 3 is 2.55 bits per heavy atom. The molecule has 2 aromatic heterocycles. The van der Waals surface area contributed by atoms with Crippen molar-refractivity contribution in [2.45, 2.75) is 6.04 Å². The predicted octanol–water partition coefficient (Wildman–Crippen LogP) is 4.51. The molecule has 0 bridgehead atoms. The molecule has 1 aromatic carbocycles. The number of benzene rings is 1. The van der Waals surface area contributed by atoms with Gasteiger partial charge in [-0.05, 0) is 56.1 Å². The Labute approximate surface area is 137 Å². The fourth-order valence-corrected chi connectivity index (χ4v) is 4.99. The zero-order valence-electron chi connectivity index (χ0n) is 10.3. The molecule has 20 heavy (non-hydrogen) atoms. The van der Waals surface area contributed by atoms with Crippen LogP contribution < -0.4 is 5.73 Å². The van der Waals surface area contributed by atoms with Gasteiger partial charge in [0.2, 0.25) is 0 Å². The van der Waals surface area contributed by atoms with Crippen LogP contribution in [0.3, 0.4) is 0 Å². The van der Waals surface area contributed by atoms with E-state index in [1.807, 2.05) is 47.1 Å². The van der Waals surface area contributed by atoms with E-state index in [1.54, 1.807) is 17.5 Å². The quantitative estimate of drug-likeness (QED) is 0.687. The monoisotopic (exact) mass is 411 g/mol. The molecule has 2 N–H and O–H groups in total. The number of nitrogens with zero attached hydrogens (tertiary/aromatic N) is 2. The summed E-state index contributed by atoms with van der Waals surface area (Å²) >= 11 is 8.67. The molecule has 3 nitrogen and oxygen atoms in total. The van der Waals surface area contributed by atoms with Crippen LogP contribution in [-0.2, 0) is 0 Å². The first-order chi connectivity index (χ1) is 9.66. The zero-order valence-corrected chi connectivity index (χ0v) is 14.3. The van der Waals surface area contributed by atoms with Crippen LogP contribution in [0.25, 0.3) is 5.69 Å². The molecular weight excluding hydrogens is 402 g/mol. The summed E-state index contributed by atoms with van der Waals surface area (Å²) in [6.07, 6.45) is 1.78. The minimum atomic E-state index is -0.227. The van der Waals surface area contributed by atoms with E-state index < -0.39 is 0 Å². The molecule has 1 unspecified atom stereocenters. The molecule has 0 amide bonds. The maximum absolute atomic E-state index is 6.41. The minimum absolute atomic E-state index is 0.227. The molecule has 0 fully saturated rings. The summed E-state index contributed by atoms with van der Waals surface area (Å²) in [5.41, 5.74) is 9.43. The third-order valence-electron chi connectivity index (χ3n) is 3.01. The summed E-state index contributed by atoms with van der Waals surface area (Å²) < 4.78 is 3.97. The van der Waals surface area contributed by atoms with E-state index in [-0.39, 0.29) is 6.04 Å². The van der Waals surface area contributed by atoms with Crippen LogP contribution >= 0.6 is 43.2 Å². The third kappa shape index (κ3) is 2.61. The number of hydrogen-bond acceptors (Lipinski definition) is 3. The van der Waals surface area contributed by atoms with Gasteiger partial charge in [0.05, 0.1) is 25.0 Å². The van der Waals surface area contributed by atoms with E-state index in [0.717, 1.165) is 24.5 Å². The van der Waals surface area contributed by atoms with Gasteiger partial charge in [-0.15, -0.1) is 11.3 Å². The average Bonchev–Trinajstić information content (AvgIpc) is 3.05. The molecule has 0 aliphatic heterocycles. The van der Waals surface area contributed by atoms with Gasteiger partial charge in [-0.25, -0.2) is 4.68 Å². The molecule has 0 spiro atoms. The standard InChI is InChI=1S/C14H11Br2N3S/c15-12-8-10(14(16)20-12)13(17)11-6-7-18-19(11)9-4-2-1-3-5-9/h1-8,13H,17H2. The largest absolute Gasteiger partial charge is 0.319 e. The summed E-state index contributed by atoms with van der Waals surface area (Å²) in [6.45, 7) is 0. The number of hydrogen-bond donors (Lipinski definition) is 1. The normalized spacial score (nSPS) is 12.6. The van der Waals surface area contributed by atoms with Crippen molar-refractivity contribution >= 4 is 43.2 Å². The van der Waals surface area contributed by atoms with Gasteiger partial charge in [-0.3, -0.25) is 0 Å². The SMILES string of the molecule is NC(c1cc(Br)sc1Br)c1ccnn1-c1ccccc1. The van der Waals surface area contributed by atoms with Crippen LogP contribution in [0.2, 0.25) is 0 Å². The Morgan fingerprint density at radius 2 is 1.90 bits per heavy atom. The minimum Gasteiger partial charge on any atom is -0.319 e. The van der Waals surface area contributed by atoms with Gasteiger partial charge < -0.3 is 5.73 Å². The molecule has 0 aliphatic carbocycles. The van der Waals surface area contributed by atoms with Crippen LogP contribution in [0.1, 0.15) is 17.3 Å². The molecule has 102 valence electrons. The second kappa shape index (κ2) is 5.81. The molecule has 0 saturated carbocycles. The van der Waals surface area contributed by atoms with Gasteiger partial charge >= 0.3 is 0 Å². The summed E-state index contributed by atoms with van der Waals surface area (Å²) in [5.74, 6) is 0. The molecule has 1 atom stereocenters. The fraction of sp³-hybridized carbons (Fsp3) is 0.0714. The molecule has 6 heteroatoms. The smallest absolute Gasteiger partial charge is 0.0762 e. The average molecular weight is 413 g/mol. The van der Waals surface area contributed by atoms with Crippen molar-refractivity contribution < 1.29 is 0 Å². The van der Waals surface area contributed by atoms with E-state index >= 15 is 0 Å². The van der Waals surface area contributed by atoms with Crippen molar-refractivity contribution in [2.24, 2.45) is 5.73 Å². The van der Waals surface area contributed by atoms with Gasteiger partial charge in [-0.2, -0.15) is 5.10 Å². The van der Waals surface area contributed by atoms with Crippen molar-refractivity contribution in [2.75, 3.05) is 0 Å².